The van der Waals surface area contributed by atoms with Gasteiger partial charge in [-0.05, 0) is 71.4 Å². The molecule has 0 radical (unpaired) electrons. The van der Waals surface area contributed by atoms with Crippen molar-refractivity contribution in [2.24, 2.45) is 0 Å². The highest BCUT2D eigenvalue weighted by molar-refractivity contribution is 7.45. The minimum absolute atomic E-state index is 0.0796. The molecule has 0 aromatic rings. The lowest BCUT2D eigenvalue weighted by atomic mass is 10.4. The summed E-state index contributed by atoms with van der Waals surface area (Å²) >= 11 is 0. The molecule has 0 fully saturated rings. The first-order chi connectivity index (χ1) is 14.4. The van der Waals surface area contributed by atoms with E-state index in [1.165, 1.54) is 0 Å². The molecule has 0 rings (SSSR count). The number of amides is 1. The molecular formula is C18H47N2O8PSi4. The Labute approximate surface area is 205 Å². The maximum Gasteiger partial charge on any atom is 0.315 e. The number of rotatable bonds is 16. The number of nitrogens with one attached hydrogen (secondary N) is 1. The molecule has 0 aromatic heterocycles. The lowest BCUT2D eigenvalue weighted by Gasteiger charge is -2.41. The number of carbonyl (C=O) groups is 1. The second-order valence-corrected chi connectivity index (χ2v) is 29.7. The lowest BCUT2D eigenvalue weighted by Crippen LogP contribution is -2.57. The van der Waals surface area contributed by atoms with Gasteiger partial charge in [-0.1, -0.05) is 0 Å². The van der Waals surface area contributed by atoms with Gasteiger partial charge in [0, 0.05) is 6.54 Å². The van der Waals surface area contributed by atoms with E-state index in [4.69, 9.17) is 16.9 Å². The third-order valence-electron chi connectivity index (χ3n) is 3.62. The first-order valence-corrected chi connectivity index (χ1v) is 24.8. The van der Waals surface area contributed by atoms with E-state index in [9.17, 15) is 14.3 Å². The molecule has 0 aromatic carbocycles. The third kappa shape index (κ3) is 19.2. The van der Waals surface area contributed by atoms with E-state index in [2.05, 4.69) is 68.8 Å². The van der Waals surface area contributed by atoms with Crippen molar-refractivity contribution in [3.8, 4) is 0 Å². The summed E-state index contributed by atoms with van der Waals surface area (Å²) in [5.74, 6) is -0.521. The molecule has 33 heavy (non-hydrogen) atoms. The molecule has 0 aliphatic rings. The van der Waals surface area contributed by atoms with Gasteiger partial charge in [0.15, 0.2) is 23.4 Å². The number of quaternary nitrogens is 1. The van der Waals surface area contributed by atoms with Crippen molar-refractivity contribution in [1.29, 1.82) is 0 Å². The van der Waals surface area contributed by atoms with E-state index < -0.39 is 54.1 Å². The zero-order valence-corrected chi connectivity index (χ0v) is 27.6. The fraction of sp³-hybridized carbons (Fsp3) is 0.944. The Morgan fingerprint density at radius 2 is 1.39 bits per heavy atom. The molecule has 0 aliphatic carbocycles. The number of phosphoric ester groups is 1. The Balaban J connectivity index is 4.75. The quantitative estimate of drug-likeness (QED) is 0.100. The lowest BCUT2D eigenvalue weighted by molar-refractivity contribution is -0.887. The van der Waals surface area contributed by atoms with Crippen LogP contribution in [-0.4, -0.2) is 85.2 Å². The maximum atomic E-state index is 12.0. The van der Waals surface area contributed by atoms with Crippen LogP contribution in [0.3, 0.4) is 0 Å². The number of nitrogens with zero attached hydrogens (tertiary/aromatic N) is 1. The molecule has 0 heterocycles. The van der Waals surface area contributed by atoms with Gasteiger partial charge < -0.3 is 31.6 Å². The van der Waals surface area contributed by atoms with Crippen LogP contribution in [0.25, 0.3) is 0 Å². The first kappa shape index (κ1) is 33.3. The fourth-order valence-corrected chi connectivity index (χ4v) is 22.0. The van der Waals surface area contributed by atoms with Gasteiger partial charge in [0.2, 0.25) is 5.91 Å². The van der Waals surface area contributed by atoms with Crippen molar-refractivity contribution >= 4 is 47.5 Å². The topological polar surface area (TPSA) is 115 Å². The molecule has 15 heteroatoms. The Morgan fingerprint density at radius 1 is 0.879 bits per heavy atom. The van der Waals surface area contributed by atoms with Crippen LogP contribution in [0.2, 0.25) is 65.0 Å². The molecule has 1 amide bonds. The summed E-state index contributed by atoms with van der Waals surface area (Å²) < 4.78 is 41.0. The molecule has 198 valence electrons. The summed E-state index contributed by atoms with van der Waals surface area (Å²) in [6.07, 6.45) is 0.642. The highest BCUT2D eigenvalue weighted by atomic mass is 31.2. The predicted molar refractivity (Wildman–Crippen MR) is 139 cm³/mol. The van der Waals surface area contributed by atoms with E-state index in [0.717, 1.165) is 0 Å². The van der Waals surface area contributed by atoms with Crippen LogP contribution in [0.5, 0.6) is 0 Å². The number of hydrogen-bond donors (Lipinski definition) is 1. The van der Waals surface area contributed by atoms with Crippen molar-refractivity contribution in [2.75, 3.05) is 41.0 Å². The van der Waals surface area contributed by atoms with E-state index in [-0.39, 0.29) is 11.2 Å². The molecule has 1 N–H and O–H groups in total. The molecule has 2 unspecified atom stereocenters. The van der Waals surface area contributed by atoms with Crippen molar-refractivity contribution in [3.05, 3.63) is 0 Å². The molecule has 0 aliphatic heterocycles. The standard InChI is InChI=1S/C18H47N2O8PSi4/c1-20(2,3)17-25-29(22,23)24-16-18(21)19-14-13-15-33(12,27-31(7,8)9)28-32(10,11)26-30(4,5)6/h13-17H2,1-12H3,(H-,19,21,22,23). The second-order valence-electron chi connectivity index (χ2n) is 11.8. The van der Waals surface area contributed by atoms with Crippen LogP contribution in [-0.2, 0) is 30.8 Å². The smallest absolute Gasteiger partial charge is 0.315 e. The van der Waals surface area contributed by atoms with Gasteiger partial charge in [-0.2, -0.15) is 0 Å². The van der Waals surface area contributed by atoms with Crippen LogP contribution < -0.4 is 10.2 Å². The van der Waals surface area contributed by atoms with Crippen molar-refractivity contribution in [2.45, 2.75) is 71.4 Å². The molecule has 2 atom stereocenters. The normalized spacial score (nSPS) is 17.4. The second kappa shape index (κ2) is 12.5. The molecule has 0 spiro atoms. The van der Waals surface area contributed by atoms with Crippen LogP contribution in [0, 0.1) is 0 Å². The summed E-state index contributed by atoms with van der Waals surface area (Å²) in [7, 11) is -7.75. The minimum Gasteiger partial charge on any atom is -0.756 e. The Hall–Kier alpha value is 0.288. The van der Waals surface area contributed by atoms with Gasteiger partial charge in [0.25, 0.3) is 7.82 Å². The predicted octanol–water partition coefficient (Wildman–Crippen LogP) is 3.15. The summed E-state index contributed by atoms with van der Waals surface area (Å²) in [6, 6.07) is 0.691. The molecule has 0 bridgehead atoms. The van der Waals surface area contributed by atoms with Crippen LogP contribution in [0.1, 0.15) is 6.42 Å². The van der Waals surface area contributed by atoms with Crippen molar-refractivity contribution in [1.82, 2.24) is 5.32 Å². The van der Waals surface area contributed by atoms with Gasteiger partial charge in [-0.15, -0.1) is 0 Å². The summed E-state index contributed by atoms with van der Waals surface area (Å²) in [5.41, 5.74) is 0. The van der Waals surface area contributed by atoms with Gasteiger partial charge in [-0.25, -0.2) is 0 Å². The monoisotopic (exact) mass is 562 g/mol. The molecule has 10 nitrogen and oxygen atoms in total. The summed E-state index contributed by atoms with van der Waals surface area (Å²) in [6.45, 7) is 18.7. The van der Waals surface area contributed by atoms with Crippen LogP contribution >= 0.6 is 7.82 Å². The average molecular weight is 563 g/mol. The molecular weight excluding hydrogens is 516 g/mol. The van der Waals surface area contributed by atoms with Gasteiger partial charge in [-0.3, -0.25) is 13.9 Å². The third-order valence-corrected chi connectivity index (χ3v) is 18.0. The fourth-order valence-electron chi connectivity index (χ4n) is 3.16. The first-order valence-electron chi connectivity index (χ1n) is 11.2. The highest BCUT2D eigenvalue weighted by Crippen LogP contribution is 2.38. The maximum absolute atomic E-state index is 12.0. The SMILES string of the molecule is C[N+](C)(C)COP(=O)([O-])OCC(=O)NCCC[Si](C)(O[Si](C)(C)C)O[Si](C)(C)O[Si](C)(C)C. The number of phosphoric acid groups is 1. The molecule has 0 saturated carbocycles. The highest BCUT2D eigenvalue weighted by Gasteiger charge is 2.44. The average Bonchev–Trinajstić information content (AvgIpc) is 2.50. The summed E-state index contributed by atoms with van der Waals surface area (Å²) in [4.78, 5) is 23.8. The Morgan fingerprint density at radius 3 is 1.85 bits per heavy atom. The zero-order valence-electron chi connectivity index (χ0n) is 22.7. The van der Waals surface area contributed by atoms with Crippen molar-refractivity contribution < 1.29 is 40.1 Å². The Bertz CT molecular complexity index is 680. The number of hydrogen-bond acceptors (Lipinski definition) is 8. The van der Waals surface area contributed by atoms with E-state index >= 15 is 0 Å². The Kier molecular flexibility index (Phi) is 12.6. The minimum atomic E-state index is -4.53. The van der Waals surface area contributed by atoms with E-state index in [1.807, 2.05) is 0 Å². The van der Waals surface area contributed by atoms with E-state index in [0.29, 0.717) is 19.0 Å². The van der Waals surface area contributed by atoms with Gasteiger partial charge in [0.05, 0.1) is 21.1 Å². The zero-order chi connectivity index (χ0) is 26.4. The van der Waals surface area contributed by atoms with Crippen LogP contribution in [0.4, 0.5) is 0 Å². The van der Waals surface area contributed by atoms with Crippen molar-refractivity contribution in [3.63, 3.8) is 0 Å². The van der Waals surface area contributed by atoms with Crippen LogP contribution in [0.15, 0.2) is 0 Å². The summed E-state index contributed by atoms with van der Waals surface area (Å²) in [5, 5.41) is 2.69. The largest absolute Gasteiger partial charge is 0.756 e. The van der Waals surface area contributed by atoms with Gasteiger partial charge in [0.1, 0.15) is 6.61 Å². The molecule has 0 saturated heterocycles. The van der Waals surface area contributed by atoms with Gasteiger partial charge >= 0.3 is 17.1 Å². The van der Waals surface area contributed by atoms with E-state index in [1.54, 1.807) is 21.1 Å². The number of carbonyl (C=O) groups excluding carboxylic acids is 1.